The number of hydrogen-bond acceptors (Lipinski definition) is 3. The molecule has 0 spiro atoms. The van der Waals surface area contributed by atoms with E-state index in [9.17, 15) is 0 Å². The van der Waals surface area contributed by atoms with Gasteiger partial charge in [0.05, 0.1) is 5.56 Å². The number of hydrogen-bond donors (Lipinski definition) is 2. The van der Waals surface area contributed by atoms with E-state index in [4.69, 9.17) is 27.5 Å². The van der Waals surface area contributed by atoms with Crippen LogP contribution in [0, 0.1) is 5.41 Å². The van der Waals surface area contributed by atoms with Crippen LogP contribution in [0.5, 0.6) is 11.5 Å². The predicted molar refractivity (Wildman–Crippen MR) is 80.8 cm³/mol. The smallest absolute Gasteiger partial charge is 0.139 e. The minimum Gasteiger partial charge on any atom is -0.457 e. The van der Waals surface area contributed by atoms with Crippen molar-refractivity contribution in [3.8, 4) is 11.5 Å². The minimum absolute atomic E-state index is 0.00564. The number of amidine groups is 1. The van der Waals surface area contributed by atoms with Crippen molar-refractivity contribution in [2.45, 2.75) is 4.90 Å². The quantitative estimate of drug-likeness (QED) is 0.506. The number of ether oxygens (including phenoxy) is 1. The third kappa shape index (κ3) is 3.22. The molecule has 0 radical (unpaired) electrons. The number of nitrogens with two attached hydrogens (primary N) is 1. The number of nitrogens with one attached hydrogen (secondary N) is 1. The van der Waals surface area contributed by atoms with E-state index in [1.54, 1.807) is 30.3 Å². The molecular weight excluding hydrogens is 280 g/mol. The summed E-state index contributed by atoms with van der Waals surface area (Å²) in [5.41, 5.74) is 6.25. The molecule has 5 heteroatoms. The molecule has 0 aliphatic rings. The lowest BCUT2D eigenvalue weighted by Crippen LogP contribution is -2.13. The van der Waals surface area contributed by atoms with Crippen molar-refractivity contribution < 1.29 is 4.74 Å². The van der Waals surface area contributed by atoms with E-state index in [0.717, 1.165) is 4.90 Å². The van der Waals surface area contributed by atoms with Crippen molar-refractivity contribution in [2.75, 3.05) is 6.26 Å². The fourth-order valence-electron chi connectivity index (χ4n) is 1.66. The zero-order chi connectivity index (χ0) is 13.8. The van der Waals surface area contributed by atoms with Crippen molar-refractivity contribution in [3.05, 3.63) is 53.1 Å². The second kappa shape index (κ2) is 5.99. The van der Waals surface area contributed by atoms with E-state index in [-0.39, 0.29) is 5.84 Å². The van der Waals surface area contributed by atoms with Crippen LogP contribution < -0.4 is 10.5 Å². The summed E-state index contributed by atoms with van der Waals surface area (Å²) in [6, 6.07) is 12.6. The van der Waals surface area contributed by atoms with Crippen LogP contribution in [0.25, 0.3) is 0 Å². The monoisotopic (exact) mass is 292 g/mol. The van der Waals surface area contributed by atoms with E-state index in [1.807, 2.05) is 18.4 Å². The highest BCUT2D eigenvalue weighted by atomic mass is 35.5. The Bertz CT molecular complexity index is 599. The van der Waals surface area contributed by atoms with Crippen LogP contribution in [-0.2, 0) is 0 Å². The zero-order valence-electron chi connectivity index (χ0n) is 10.3. The molecule has 2 aromatic carbocycles. The van der Waals surface area contributed by atoms with Gasteiger partial charge in [-0.05, 0) is 42.7 Å². The van der Waals surface area contributed by atoms with Gasteiger partial charge in [0.1, 0.15) is 17.3 Å². The first kappa shape index (κ1) is 13.8. The summed E-state index contributed by atoms with van der Waals surface area (Å²) in [6.45, 7) is 0. The summed E-state index contributed by atoms with van der Waals surface area (Å²) < 4.78 is 5.78. The van der Waals surface area contributed by atoms with Gasteiger partial charge in [0, 0.05) is 9.92 Å². The third-order valence-corrected chi connectivity index (χ3v) is 3.55. The Morgan fingerprint density at radius 1 is 1.21 bits per heavy atom. The molecule has 0 fully saturated rings. The van der Waals surface area contributed by atoms with Crippen LogP contribution in [0.2, 0.25) is 5.02 Å². The van der Waals surface area contributed by atoms with Gasteiger partial charge in [-0.2, -0.15) is 0 Å². The van der Waals surface area contributed by atoms with E-state index < -0.39 is 0 Å². The number of nitrogen functional groups attached to an aromatic ring is 1. The molecule has 0 amide bonds. The molecule has 0 atom stereocenters. The molecule has 2 aromatic rings. The van der Waals surface area contributed by atoms with Crippen molar-refractivity contribution in [1.29, 1.82) is 5.41 Å². The molecule has 0 aromatic heterocycles. The highest BCUT2D eigenvalue weighted by Gasteiger charge is 2.12. The summed E-state index contributed by atoms with van der Waals surface area (Å²) in [5.74, 6) is 1.22. The molecule has 3 nitrogen and oxygen atoms in total. The van der Waals surface area contributed by atoms with Crippen LogP contribution in [-0.4, -0.2) is 12.1 Å². The average molecular weight is 293 g/mol. The predicted octanol–water partition coefficient (Wildman–Crippen LogP) is 4.14. The molecular formula is C14H13ClN2OS. The Balaban J connectivity index is 2.39. The number of halogens is 1. The summed E-state index contributed by atoms with van der Waals surface area (Å²) in [6.07, 6.45) is 1.94. The Hall–Kier alpha value is -1.65. The number of thioether (sulfide) groups is 1. The van der Waals surface area contributed by atoms with Gasteiger partial charge < -0.3 is 10.5 Å². The lowest BCUT2D eigenvalue weighted by atomic mass is 10.2. The van der Waals surface area contributed by atoms with Crippen LogP contribution in [0.4, 0.5) is 0 Å². The molecule has 2 rings (SSSR count). The first-order valence-electron chi connectivity index (χ1n) is 5.56. The van der Waals surface area contributed by atoms with E-state index in [0.29, 0.717) is 22.1 Å². The van der Waals surface area contributed by atoms with Crippen LogP contribution in [0.1, 0.15) is 5.56 Å². The van der Waals surface area contributed by atoms with Crippen molar-refractivity contribution >= 4 is 29.2 Å². The molecule has 3 N–H and O–H groups in total. The van der Waals surface area contributed by atoms with Gasteiger partial charge in [0.15, 0.2) is 0 Å². The number of benzene rings is 2. The summed E-state index contributed by atoms with van der Waals surface area (Å²) in [7, 11) is 0. The molecule has 0 aliphatic carbocycles. The Morgan fingerprint density at radius 3 is 2.47 bits per heavy atom. The highest BCUT2D eigenvalue weighted by molar-refractivity contribution is 7.98. The fraction of sp³-hybridized carbons (Fsp3) is 0.0714. The van der Waals surface area contributed by atoms with Gasteiger partial charge in [0.2, 0.25) is 0 Å². The van der Waals surface area contributed by atoms with Crippen molar-refractivity contribution in [1.82, 2.24) is 0 Å². The minimum atomic E-state index is -0.00564. The molecule has 0 aliphatic heterocycles. The van der Waals surface area contributed by atoms with E-state index in [2.05, 4.69) is 0 Å². The largest absolute Gasteiger partial charge is 0.457 e. The topological polar surface area (TPSA) is 59.1 Å². The van der Waals surface area contributed by atoms with Crippen LogP contribution >= 0.6 is 23.4 Å². The Labute approximate surface area is 121 Å². The van der Waals surface area contributed by atoms with Gasteiger partial charge in [0.25, 0.3) is 0 Å². The second-order valence-electron chi connectivity index (χ2n) is 3.80. The maximum atomic E-state index is 7.68. The molecule has 0 saturated carbocycles. The SMILES string of the molecule is CSc1cccc(Oc2ccc(Cl)cc2)c1C(=N)N. The average Bonchev–Trinajstić information content (AvgIpc) is 2.40. The van der Waals surface area contributed by atoms with Gasteiger partial charge in [-0.25, -0.2) is 0 Å². The molecule has 19 heavy (non-hydrogen) atoms. The van der Waals surface area contributed by atoms with Gasteiger partial charge in [-0.1, -0.05) is 17.7 Å². The van der Waals surface area contributed by atoms with Crippen molar-refractivity contribution in [3.63, 3.8) is 0 Å². The Kier molecular flexibility index (Phi) is 4.35. The maximum absolute atomic E-state index is 7.68. The van der Waals surface area contributed by atoms with Gasteiger partial charge >= 0.3 is 0 Å². The van der Waals surface area contributed by atoms with E-state index >= 15 is 0 Å². The van der Waals surface area contributed by atoms with Crippen molar-refractivity contribution in [2.24, 2.45) is 5.73 Å². The van der Waals surface area contributed by atoms with E-state index in [1.165, 1.54) is 11.8 Å². The highest BCUT2D eigenvalue weighted by Crippen LogP contribution is 2.32. The molecule has 98 valence electrons. The third-order valence-electron chi connectivity index (χ3n) is 2.52. The number of rotatable bonds is 4. The summed E-state index contributed by atoms with van der Waals surface area (Å²) >= 11 is 7.36. The van der Waals surface area contributed by atoms with Gasteiger partial charge in [-0.15, -0.1) is 11.8 Å². The molecule has 0 saturated heterocycles. The normalized spacial score (nSPS) is 10.2. The lowest BCUT2D eigenvalue weighted by molar-refractivity contribution is 0.480. The molecule has 0 unspecified atom stereocenters. The van der Waals surface area contributed by atoms with Crippen LogP contribution in [0.3, 0.4) is 0 Å². The second-order valence-corrected chi connectivity index (χ2v) is 5.09. The first-order valence-corrected chi connectivity index (χ1v) is 7.17. The van der Waals surface area contributed by atoms with Crippen LogP contribution in [0.15, 0.2) is 47.4 Å². The zero-order valence-corrected chi connectivity index (χ0v) is 11.9. The standard InChI is InChI=1S/C14H13ClN2OS/c1-19-12-4-2-3-11(13(12)14(16)17)18-10-7-5-9(15)6-8-10/h2-8H,1H3,(H3,16,17). The molecule has 0 bridgehead atoms. The van der Waals surface area contributed by atoms with Gasteiger partial charge in [-0.3, -0.25) is 5.41 Å². The first-order chi connectivity index (χ1) is 9.11. The Morgan fingerprint density at radius 2 is 1.89 bits per heavy atom. The maximum Gasteiger partial charge on any atom is 0.139 e. The summed E-state index contributed by atoms with van der Waals surface area (Å²) in [5, 5.41) is 8.33. The summed E-state index contributed by atoms with van der Waals surface area (Å²) in [4.78, 5) is 0.916. The fourth-order valence-corrected chi connectivity index (χ4v) is 2.42. The molecule has 0 heterocycles. The lowest BCUT2D eigenvalue weighted by Gasteiger charge is -2.13.